The summed E-state index contributed by atoms with van der Waals surface area (Å²) in [5.41, 5.74) is -2.39. The smallest absolute Gasteiger partial charge is 0.367 e. The summed E-state index contributed by atoms with van der Waals surface area (Å²) in [6.07, 6.45) is -14.3. The number of hydrogen-bond acceptors (Lipinski definition) is 8. The van der Waals surface area contributed by atoms with E-state index in [9.17, 15) is 39.5 Å². The summed E-state index contributed by atoms with van der Waals surface area (Å²) in [5, 5.41) is 25.8. The normalized spacial score (nSPS) is 15.6. The molecule has 0 saturated heterocycles. The summed E-state index contributed by atoms with van der Waals surface area (Å²) in [4.78, 5) is 4.22. The van der Waals surface area contributed by atoms with Crippen molar-refractivity contribution in [1.29, 1.82) is 0 Å². The fourth-order valence-electron chi connectivity index (χ4n) is 6.08. The minimum absolute atomic E-state index is 0.0318. The second kappa shape index (κ2) is 12.9. The van der Waals surface area contributed by atoms with Crippen molar-refractivity contribution in [2.75, 3.05) is 16.3 Å². The third kappa shape index (κ3) is 7.35. The fourth-order valence-corrected chi connectivity index (χ4v) is 6.08. The molecule has 0 fully saturated rings. The van der Waals surface area contributed by atoms with Gasteiger partial charge in [0.1, 0.15) is 0 Å². The van der Waals surface area contributed by atoms with Crippen LogP contribution < -0.4 is 9.80 Å². The molecule has 50 heavy (non-hydrogen) atoms. The van der Waals surface area contributed by atoms with Crippen molar-refractivity contribution < 1.29 is 39.5 Å². The molecule has 10 nitrogen and oxygen atoms in total. The molecule has 0 amide bonds. The van der Waals surface area contributed by atoms with Crippen LogP contribution in [-0.2, 0) is 38.7 Å². The topological polar surface area (TPSA) is 105 Å². The van der Waals surface area contributed by atoms with Crippen LogP contribution in [0.2, 0.25) is 0 Å². The van der Waals surface area contributed by atoms with E-state index < -0.39 is 47.8 Å². The molecule has 2 aromatic heterocycles. The number of rotatable bonds is 7. The number of H-pyrrole nitrogens is 1. The third-order valence-corrected chi connectivity index (χ3v) is 8.35. The van der Waals surface area contributed by atoms with Crippen molar-refractivity contribution in [2.45, 2.75) is 57.4 Å². The highest BCUT2D eigenvalue weighted by atomic mass is 19.4. The molecule has 3 heterocycles. The lowest BCUT2D eigenvalue weighted by atomic mass is 9.94. The van der Waals surface area contributed by atoms with Crippen LogP contribution >= 0.6 is 0 Å². The Labute approximate surface area is 277 Å². The molecule has 3 aromatic carbocycles. The Morgan fingerprint density at radius 2 is 1.52 bits per heavy atom. The quantitative estimate of drug-likeness (QED) is 0.176. The first-order chi connectivity index (χ1) is 23.5. The molecule has 0 aliphatic carbocycles. The summed E-state index contributed by atoms with van der Waals surface area (Å²) in [7, 11) is 1.42. The number of nitrogens with zero attached hydrogens (tertiary/aromatic N) is 9. The molecule has 0 saturated carbocycles. The maximum Gasteiger partial charge on any atom is 0.416 e. The number of aromatic nitrogens is 8. The van der Waals surface area contributed by atoms with Crippen LogP contribution in [0.15, 0.2) is 54.6 Å². The third-order valence-electron chi connectivity index (χ3n) is 8.35. The van der Waals surface area contributed by atoms with Crippen molar-refractivity contribution in [2.24, 2.45) is 7.05 Å². The molecule has 1 aliphatic heterocycles. The van der Waals surface area contributed by atoms with Crippen LogP contribution in [-0.4, -0.2) is 47.4 Å². The maximum absolute atomic E-state index is 14.3. The van der Waals surface area contributed by atoms with E-state index >= 15 is 0 Å². The molecule has 0 spiro atoms. The van der Waals surface area contributed by atoms with Gasteiger partial charge in [-0.25, -0.2) is 0 Å². The molecule has 19 heteroatoms. The molecule has 1 aliphatic rings. The molecule has 6 rings (SSSR count). The van der Waals surface area contributed by atoms with E-state index in [1.807, 2.05) is 0 Å². The number of fused-ring (bicyclic) bond motifs is 1. The highest BCUT2D eigenvalue weighted by Gasteiger charge is 2.39. The average Bonchev–Trinajstić information content (AvgIpc) is 3.70. The molecular weight excluding hydrogens is 683 g/mol. The Kier molecular flexibility index (Phi) is 8.94. The zero-order chi connectivity index (χ0) is 36.0. The number of aryl methyl sites for hydroxylation is 2. The van der Waals surface area contributed by atoms with Gasteiger partial charge in [-0.1, -0.05) is 35.4 Å². The molecule has 0 bridgehead atoms. The highest BCUT2D eigenvalue weighted by Crippen LogP contribution is 2.44. The van der Waals surface area contributed by atoms with Crippen molar-refractivity contribution in [3.8, 4) is 11.4 Å². The van der Waals surface area contributed by atoms with Crippen molar-refractivity contribution in [1.82, 2.24) is 40.8 Å². The van der Waals surface area contributed by atoms with E-state index in [1.165, 1.54) is 24.9 Å². The Balaban J connectivity index is 1.45. The van der Waals surface area contributed by atoms with Gasteiger partial charge in [0.05, 0.1) is 29.8 Å². The van der Waals surface area contributed by atoms with Gasteiger partial charge in [0.15, 0.2) is 0 Å². The van der Waals surface area contributed by atoms with E-state index in [-0.39, 0.29) is 48.3 Å². The highest BCUT2D eigenvalue weighted by molar-refractivity contribution is 5.62. The lowest BCUT2D eigenvalue weighted by molar-refractivity contribution is -0.143. The largest absolute Gasteiger partial charge is 0.416 e. The Hall–Kier alpha value is -5.23. The molecular formula is C31H27F9N10. The van der Waals surface area contributed by atoms with Crippen LogP contribution in [0, 0.1) is 6.92 Å². The van der Waals surface area contributed by atoms with Gasteiger partial charge in [0.2, 0.25) is 5.82 Å². The standard InChI is InChI=1S/C31H27F9N10/c1-17-10-23-25(50(28-43-47-48(2)44-28)16-19-11-21(29(32,33)34)13-22(12-19)30(35,36)37)4-3-9-49(26(23)14-24(17)31(38,39)40)15-18-5-7-20(8-6-18)27-41-45-46-42-27/h5-8,10-14,25H,3-4,9,15-16H2,1-2H3,(H,41,42,45,46)/t25-/m0/s1. The summed E-state index contributed by atoms with van der Waals surface area (Å²) in [5.74, 6) is 0.225. The van der Waals surface area contributed by atoms with E-state index in [0.29, 0.717) is 35.5 Å². The minimum atomic E-state index is -5.09. The van der Waals surface area contributed by atoms with E-state index in [1.54, 1.807) is 29.2 Å². The number of alkyl halides is 9. The molecule has 1 N–H and O–H groups in total. The zero-order valence-electron chi connectivity index (χ0n) is 26.2. The monoisotopic (exact) mass is 710 g/mol. The molecule has 264 valence electrons. The summed E-state index contributed by atoms with van der Waals surface area (Å²) in [6.45, 7) is 1.21. The fraction of sp³-hybridized carbons (Fsp3) is 0.355. The lowest BCUT2D eigenvalue weighted by Crippen LogP contribution is -2.30. The first-order valence-corrected chi connectivity index (χ1v) is 15.1. The zero-order valence-corrected chi connectivity index (χ0v) is 26.2. The number of anilines is 2. The van der Waals surface area contributed by atoms with Crippen LogP contribution in [0.5, 0.6) is 0 Å². The van der Waals surface area contributed by atoms with Gasteiger partial charge in [-0.05, 0) is 76.7 Å². The summed E-state index contributed by atoms with van der Waals surface area (Å²) < 4.78 is 125. The van der Waals surface area contributed by atoms with Gasteiger partial charge >= 0.3 is 18.5 Å². The molecule has 0 radical (unpaired) electrons. The second-order valence-electron chi connectivity index (χ2n) is 11.9. The Morgan fingerprint density at radius 1 is 0.840 bits per heavy atom. The maximum atomic E-state index is 14.3. The molecule has 5 aromatic rings. The molecule has 0 unspecified atom stereocenters. The first kappa shape index (κ1) is 34.6. The number of aromatic amines is 1. The van der Waals surface area contributed by atoms with Crippen LogP contribution in [0.1, 0.15) is 57.8 Å². The van der Waals surface area contributed by atoms with Crippen LogP contribution in [0.25, 0.3) is 11.4 Å². The van der Waals surface area contributed by atoms with E-state index in [4.69, 9.17) is 0 Å². The van der Waals surface area contributed by atoms with Crippen molar-refractivity contribution in [3.63, 3.8) is 0 Å². The van der Waals surface area contributed by atoms with E-state index in [0.717, 1.165) is 16.4 Å². The van der Waals surface area contributed by atoms with Gasteiger partial charge in [0.25, 0.3) is 5.95 Å². The van der Waals surface area contributed by atoms with E-state index in [2.05, 4.69) is 36.0 Å². The molecule has 1 atom stereocenters. The Morgan fingerprint density at radius 3 is 2.08 bits per heavy atom. The number of nitrogens with one attached hydrogen (secondary N) is 1. The number of hydrogen-bond donors (Lipinski definition) is 1. The van der Waals surface area contributed by atoms with Gasteiger partial charge in [-0.15, -0.1) is 15.3 Å². The van der Waals surface area contributed by atoms with Gasteiger partial charge in [-0.3, -0.25) is 0 Å². The second-order valence-corrected chi connectivity index (χ2v) is 11.9. The number of benzene rings is 3. The number of halogens is 9. The van der Waals surface area contributed by atoms with Crippen molar-refractivity contribution in [3.05, 3.63) is 93.5 Å². The predicted molar refractivity (Wildman–Crippen MR) is 160 cm³/mol. The lowest BCUT2D eigenvalue weighted by Gasteiger charge is -2.33. The van der Waals surface area contributed by atoms with Crippen molar-refractivity contribution >= 4 is 11.6 Å². The van der Waals surface area contributed by atoms with Gasteiger partial charge in [0, 0.05) is 30.9 Å². The van der Waals surface area contributed by atoms with Gasteiger partial charge < -0.3 is 9.80 Å². The number of tetrazole rings is 2. The predicted octanol–water partition coefficient (Wildman–Crippen LogP) is 7.30. The first-order valence-electron chi connectivity index (χ1n) is 15.1. The summed E-state index contributed by atoms with van der Waals surface area (Å²) in [6, 6.07) is 9.80. The minimum Gasteiger partial charge on any atom is -0.367 e. The Bertz CT molecular complexity index is 1920. The van der Waals surface area contributed by atoms with Crippen LogP contribution in [0.3, 0.4) is 0 Å². The van der Waals surface area contributed by atoms with Gasteiger partial charge in [-0.2, -0.15) is 49.5 Å². The summed E-state index contributed by atoms with van der Waals surface area (Å²) >= 11 is 0. The van der Waals surface area contributed by atoms with Crippen LogP contribution in [0.4, 0.5) is 51.1 Å². The average molecular weight is 711 g/mol. The SMILES string of the molecule is Cc1cc2c(cc1C(F)(F)F)N(Cc1ccc(-c3nn[nH]n3)cc1)CCC[C@@H]2N(Cc1cc(C(F)(F)F)cc(C(F)(F)F)c1)c1nnn(C)n1.